The van der Waals surface area contributed by atoms with Crippen LogP contribution in [0.3, 0.4) is 0 Å². The third-order valence-electron chi connectivity index (χ3n) is 5.59. The summed E-state index contributed by atoms with van der Waals surface area (Å²) in [4.78, 5) is 38.5. The van der Waals surface area contributed by atoms with Gasteiger partial charge in [-0.1, -0.05) is 23.7 Å². The maximum atomic E-state index is 14.6. The molecule has 0 saturated carbocycles. The molecule has 0 bridgehead atoms. The van der Waals surface area contributed by atoms with Gasteiger partial charge in [0.25, 0.3) is 5.69 Å². The number of hydrogen-bond acceptors (Lipinski definition) is 4. The van der Waals surface area contributed by atoms with Crippen molar-refractivity contribution >= 4 is 34.7 Å². The minimum Gasteiger partial charge on any atom is -0.294 e. The van der Waals surface area contributed by atoms with Crippen LogP contribution >= 0.6 is 11.6 Å². The lowest BCUT2D eigenvalue weighted by Crippen LogP contribution is -2.41. The number of allylic oxidation sites excluding steroid dienone is 2. The number of carbonyl (C=O) groups excluding carboxylic acids is 2. The second kappa shape index (κ2) is 7.65. The summed E-state index contributed by atoms with van der Waals surface area (Å²) in [5.74, 6) is -2.01. The fourth-order valence-electron chi connectivity index (χ4n) is 4.33. The molecule has 0 fully saturated rings. The molecule has 1 aliphatic carbocycles. The molecule has 30 heavy (non-hydrogen) atoms. The number of nitro groups is 1. The van der Waals surface area contributed by atoms with Gasteiger partial charge in [-0.15, -0.1) is 0 Å². The number of ketones is 1. The molecule has 2 aromatic rings. The van der Waals surface area contributed by atoms with Gasteiger partial charge < -0.3 is 0 Å². The Kier molecular flexibility index (Phi) is 5.15. The lowest BCUT2D eigenvalue weighted by Gasteiger charge is -2.38. The Bertz CT molecular complexity index is 1110. The van der Waals surface area contributed by atoms with E-state index in [0.717, 1.165) is 0 Å². The molecule has 0 spiro atoms. The minimum atomic E-state index is -0.810. The molecule has 2 aliphatic rings. The van der Waals surface area contributed by atoms with E-state index in [2.05, 4.69) is 0 Å². The van der Waals surface area contributed by atoms with Crippen molar-refractivity contribution in [2.75, 3.05) is 4.90 Å². The third kappa shape index (κ3) is 3.29. The quantitative estimate of drug-likeness (QED) is 0.495. The first-order valence-corrected chi connectivity index (χ1v) is 9.95. The number of hydrogen-bond donors (Lipinski definition) is 0. The number of amides is 1. The molecule has 1 heterocycles. The predicted octanol–water partition coefficient (Wildman–Crippen LogP) is 5.22. The van der Waals surface area contributed by atoms with E-state index >= 15 is 0 Å². The van der Waals surface area contributed by atoms with Crippen LogP contribution in [-0.4, -0.2) is 16.6 Å². The van der Waals surface area contributed by atoms with Gasteiger partial charge >= 0.3 is 0 Å². The highest BCUT2D eigenvalue weighted by Crippen LogP contribution is 2.47. The largest absolute Gasteiger partial charge is 0.294 e. The van der Waals surface area contributed by atoms with E-state index in [1.54, 1.807) is 13.0 Å². The van der Waals surface area contributed by atoms with E-state index in [0.29, 0.717) is 29.7 Å². The van der Waals surface area contributed by atoms with Gasteiger partial charge in [0.2, 0.25) is 5.91 Å². The number of nitro benzene ring substituents is 1. The van der Waals surface area contributed by atoms with Crippen molar-refractivity contribution in [1.82, 2.24) is 0 Å². The van der Waals surface area contributed by atoms with Crippen molar-refractivity contribution in [2.24, 2.45) is 0 Å². The highest BCUT2D eigenvalue weighted by molar-refractivity contribution is 6.31. The standard InChI is InChI=1S/C22H18ClFN2O4/c1-12-8-9-16(18(10-12)26(29)30)25-17-6-3-7-19(27)22(17)13(11-20(25)28)21-14(23)4-2-5-15(21)24/h2,4-5,8-10,13H,3,6-7,11H2,1H3. The first-order valence-electron chi connectivity index (χ1n) is 9.57. The van der Waals surface area contributed by atoms with Gasteiger partial charge in [0.1, 0.15) is 11.5 Å². The van der Waals surface area contributed by atoms with Gasteiger partial charge in [-0.3, -0.25) is 24.6 Å². The van der Waals surface area contributed by atoms with Crippen LogP contribution in [0.4, 0.5) is 15.8 Å². The molecule has 8 heteroatoms. The van der Waals surface area contributed by atoms with E-state index in [1.807, 2.05) is 0 Å². The fourth-order valence-corrected chi connectivity index (χ4v) is 4.63. The molecule has 0 aromatic heterocycles. The van der Waals surface area contributed by atoms with Gasteiger partial charge in [0.05, 0.1) is 4.92 Å². The van der Waals surface area contributed by atoms with Crippen LogP contribution in [-0.2, 0) is 9.59 Å². The summed E-state index contributed by atoms with van der Waals surface area (Å²) in [5.41, 5.74) is 1.43. The Morgan fingerprint density at radius 1 is 1.20 bits per heavy atom. The first-order chi connectivity index (χ1) is 14.3. The smallest absolute Gasteiger partial charge is 0.293 e. The molecule has 4 rings (SSSR count). The number of carbonyl (C=O) groups is 2. The molecule has 0 radical (unpaired) electrons. The van der Waals surface area contributed by atoms with Crippen LogP contribution < -0.4 is 4.90 Å². The van der Waals surface area contributed by atoms with Gasteiger partial charge in [0, 0.05) is 46.7 Å². The number of anilines is 1. The maximum absolute atomic E-state index is 14.6. The van der Waals surface area contributed by atoms with Gasteiger partial charge in [-0.2, -0.15) is 0 Å². The number of halogens is 2. The second-order valence-corrected chi connectivity index (χ2v) is 7.91. The Morgan fingerprint density at radius 2 is 1.97 bits per heavy atom. The summed E-state index contributed by atoms with van der Waals surface area (Å²) in [5, 5.41) is 11.8. The van der Waals surface area contributed by atoms with Crippen molar-refractivity contribution < 1.29 is 18.9 Å². The maximum Gasteiger partial charge on any atom is 0.293 e. The van der Waals surface area contributed by atoms with Crippen molar-refractivity contribution in [3.05, 3.63) is 79.7 Å². The highest BCUT2D eigenvalue weighted by atomic mass is 35.5. The molecular weight excluding hydrogens is 411 g/mol. The Morgan fingerprint density at radius 3 is 2.67 bits per heavy atom. The van der Waals surface area contributed by atoms with E-state index in [1.165, 1.54) is 35.2 Å². The summed E-state index contributed by atoms with van der Waals surface area (Å²) < 4.78 is 14.6. The van der Waals surface area contributed by atoms with Crippen LogP contribution in [0.15, 0.2) is 47.7 Å². The molecule has 1 amide bonds. The van der Waals surface area contributed by atoms with E-state index in [-0.39, 0.29) is 40.6 Å². The predicted molar refractivity (Wildman–Crippen MR) is 110 cm³/mol. The number of benzene rings is 2. The fraction of sp³-hybridized carbons (Fsp3) is 0.273. The molecule has 0 N–H and O–H groups in total. The van der Waals surface area contributed by atoms with E-state index in [9.17, 15) is 24.1 Å². The molecular formula is C22H18ClFN2O4. The SMILES string of the molecule is Cc1ccc(N2C(=O)CC(c3c(F)cccc3Cl)C3=C2CCCC3=O)c([N+](=O)[O-])c1. The van der Waals surface area contributed by atoms with Crippen molar-refractivity contribution in [2.45, 2.75) is 38.5 Å². The summed E-state index contributed by atoms with van der Waals surface area (Å²) in [6.45, 7) is 1.72. The number of rotatable bonds is 3. The highest BCUT2D eigenvalue weighted by Gasteiger charge is 2.42. The molecule has 154 valence electrons. The van der Waals surface area contributed by atoms with Crippen LogP contribution in [0.2, 0.25) is 5.02 Å². The van der Waals surface area contributed by atoms with Gasteiger partial charge in [0.15, 0.2) is 5.78 Å². The molecule has 6 nitrogen and oxygen atoms in total. The number of nitrogens with zero attached hydrogens (tertiary/aromatic N) is 2. The normalized spacial score (nSPS) is 19.2. The van der Waals surface area contributed by atoms with Crippen LogP contribution in [0, 0.1) is 22.9 Å². The topological polar surface area (TPSA) is 80.5 Å². The number of aryl methyl sites for hydroxylation is 1. The molecule has 2 aromatic carbocycles. The Labute approximate surface area is 177 Å². The molecule has 0 saturated heterocycles. The van der Waals surface area contributed by atoms with Crippen molar-refractivity contribution in [3.63, 3.8) is 0 Å². The van der Waals surface area contributed by atoms with Crippen molar-refractivity contribution in [3.8, 4) is 0 Å². The number of Topliss-reactive ketones (excluding diaryl/α,β-unsaturated/α-hetero) is 1. The minimum absolute atomic E-state index is 0.119. The first kappa shape index (κ1) is 20.2. The van der Waals surface area contributed by atoms with Crippen LogP contribution in [0.5, 0.6) is 0 Å². The summed E-state index contributed by atoms with van der Waals surface area (Å²) >= 11 is 6.24. The van der Waals surface area contributed by atoms with E-state index in [4.69, 9.17) is 11.6 Å². The molecule has 1 unspecified atom stereocenters. The van der Waals surface area contributed by atoms with E-state index < -0.39 is 22.6 Å². The lowest BCUT2D eigenvalue weighted by molar-refractivity contribution is -0.384. The van der Waals surface area contributed by atoms with Crippen molar-refractivity contribution in [1.29, 1.82) is 0 Å². The summed E-state index contributed by atoms with van der Waals surface area (Å²) in [6, 6.07) is 8.83. The molecule has 1 atom stereocenters. The zero-order valence-electron chi connectivity index (χ0n) is 16.2. The monoisotopic (exact) mass is 428 g/mol. The average Bonchev–Trinajstić information content (AvgIpc) is 2.68. The van der Waals surface area contributed by atoms with Gasteiger partial charge in [-0.25, -0.2) is 4.39 Å². The third-order valence-corrected chi connectivity index (χ3v) is 5.92. The average molecular weight is 429 g/mol. The lowest BCUT2D eigenvalue weighted by atomic mass is 9.77. The van der Waals surface area contributed by atoms with Gasteiger partial charge in [-0.05, 0) is 43.5 Å². The zero-order chi connectivity index (χ0) is 21.6. The van der Waals surface area contributed by atoms with Crippen LogP contribution in [0.1, 0.15) is 42.7 Å². The Balaban J connectivity index is 1.95. The zero-order valence-corrected chi connectivity index (χ0v) is 16.9. The van der Waals surface area contributed by atoms with Crippen LogP contribution in [0.25, 0.3) is 0 Å². The molecule has 1 aliphatic heterocycles. The summed E-state index contributed by atoms with van der Waals surface area (Å²) in [7, 11) is 0. The second-order valence-electron chi connectivity index (χ2n) is 7.51. The Hall–Kier alpha value is -3.06. The summed E-state index contributed by atoms with van der Waals surface area (Å²) in [6.07, 6.45) is 0.981.